The van der Waals surface area contributed by atoms with Crippen LogP contribution >= 0.6 is 0 Å². The van der Waals surface area contributed by atoms with Gasteiger partial charge in [0.1, 0.15) is 0 Å². The monoisotopic (exact) mass is 348 g/mol. The van der Waals surface area contributed by atoms with E-state index < -0.39 is 23.8 Å². The average molecular weight is 348 g/mol. The number of pyridine rings is 1. The Morgan fingerprint density at radius 2 is 2.12 bits per heavy atom. The first-order valence-electron chi connectivity index (χ1n) is 7.90. The molecule has 1 aliphatic heterocycles. The van der Waals surface area contributed by atoms with Crippen LogP contribution in [-0.4, -0.2) is 40.7 Å². The Morgan fingerprint density at radius 3 is 2.84 bits per heavy atom. The summed E-state index contributed by atoms with van der Waals surface area (Å²) in [4.78, 5) is 18.3. The molecule has 0 unspecified atom stereocenters. The van der Waals surface area contributed by atoms with E-state index in [0.717, 1.165) is 12.1 Å². The number of benzene rings is 1. The van der Waals surface area contributed by atoms with Gasteiger partial charge in [0.15, 0.2) is 11.6 Å². The molecule has 0 bridgehead atoms. The third kappa shape index (κ3) is 3.76. The fourth-order valence-electron chi connectivity index (χ4n) is 3.05. The van der Waals surface area contributed by atoms with Crippen molar-refractivity contribution < 1.29 is 23.4 Å². The fraction of sp³-hybridized carbons (Fsp3) is 0.333. The summed E-state index contributed by atoms with van der Waals surface area (Å²) in [6, 6.07) is 8.16. The lowest BCUT2D eigenvalue weighted by Gasteiger charge is -2.25. The number of β-amino-alcohol motifs (C(OH)–C–C–N with tert-alkyl or cyclic N) is 1. The molecule has 3 rings (SSSR count). The van der Waals surface area contributed by atoms with Crippen LogP contribution in [0.15, 0.2) is 36.4 Å². The van der Waals surface area contributed by atoms with Gasteiger partial charge < -0.3 is 14.7 Å². The van der Waals surface area contributed by atoms with Gasteiger partial charge in [-0.15, -0.1) is 0 Å². The number of carbonyl (C=O) groups excluding carboxylic acids is 1. The third-order valence-corrected chi connectivity index (χ3v) is 4.25. The van der Waals surface area contributed by atoms with Crippen molar-refractivity contribution in [2.24, 2.45) is 0 Å². The van der Waals surface area contributed by atoms with Crippen LogP contribution < -0.4 is 4.74 Å². The molecule has 1 saturated heterocycles. The number of rotatable bonds is 4. The van der Waals surface area contributed by atoms with Gasteiger partial charge in [-0.05, 0) is 30.2 Å². The van der Waals surface area contributed by atoms with Crippen molar-refractivity contribution in [2.45, 2.75) is 25.0 Å². The van der Waals surface area contributed by atoms with Crippen LogP contribution in [0.25, 0.3) is 0 Å². The molecule has 1 aromatic carbocycles. The molecular formula is C18H18F2N2O3. The van der Waals surface area contributed by atoms with Crippen LogP contribution in [0.3, 0.4) is 0 Å². The minimum Gasteiger partial charge on any atom is -0.481 e. The first-order chi connectivity index (χ1) is 12.0. The smallest absolute Gasteiger partial charge is 0.229 e. The summed E-state index contributed by atoms with van der Waals surface area (Å²) in [5, 5.41) is 9.96. The lowest BCUT2D eigenvalue weighted by Crippen LogP contribution is -2.33. The van der Waals surface area contributed by atoms with E-state index in [1.807, 2.05) is 0 Å². The van der Waals surface area contributed by atoms with E-state index in [0.29, 0.717) is 17.1 Å². The molecule has 2 heterocycles. The van der Waals surface area contributed by atoms with Crippen LogP contribution in [0.2, 0.25) is 0 Å². The van der Waals surface area contributed by atoms with Crippen LogP contribution in [0.4, 0.5) is 8.78 Å². The quantitative estimate of drug-likeness (QED) is 0.921. The number of aromatic nitrogens is 1. The molecule has 0 saturated carbocycles. The number of amides is 1. The molecule has 132 valence electrons. The zero-order valence-corrected chi connectivity index (χ0v) is 13.7. The minimum atomic E-state index is -0.972. The highest BCUT2D eigenvalue weighted by Crippen LogP contribution is 2.33. The molecule has 1 amide bonds. The van der Waals surface area contributed by atoms with E-state index in [9.17, 15) is 18.7 Å². The van der Waals surface area contributed by atoms with Crippen molar-refractivity contribution in [1.29, 1.82) is 0 Å². The molecule has 1 aromatic heterocycles. The topological polar surface area (TPSA) is 62.7 Å². The minimum absolute atomic E-state index is 0.0318. The first kappa shape index (κ1) is 17.3. The zero-order valence-electron chi connectivity index (χ0n) is 13.7. The molecule has 1 fully saturated rings. The van der Waals surface area contributed by atoms with E-state index in [1.165, 1.54) is 18.1 Å². The van der Waals surface area contributed by atoms with E-state index >= 15 is 0 Å². The van der Waals surface area contributed by atoms with Gasteiger partial charge in [0.25, 0.3) is 0 Å². The number of ether oxygens (including phenoxy) is 1. The molecule has 0 radical (unpaired) electrons. The molecular weight excluding hydrogens is 330 g/mol. The summed E-state index contributed by atoms with van der Waals surface area (Å²) in [5.41, 5.74) is 0.997. The van der Waals surface area contributed by atoms with Gasteiger partial charge in [-0.3, -0.25) is 4.79 Å². The van der Waals surface area contributed by atoms with Crippen molar-refractivity contribution in [2.75, 3.05) is 13.7 Å². The Hall–Kier alpha value is -2.54. The predicted octanol–water partition coefficient (Wildman–Crippen LogP) is 2.25. The highest BCUT2D eigenvalue weighted by Gasteiger charge is 2.35. The molecule has 7 heteroatoms. The summed E-state index contributed by atoms with van der Waals surface area (Å²) in [5.74, 6) is -1.75. The van der Waals surface area contributed by atoms with Crippen LogP contribution in [0.5, 0.6) is 5.88 Å². The standard InChI is InChI=1S/C18H18F2N2O3/c1-25-17-4-2-3-12(21-17)8-18(24)22-10-13(23)9-16(22)11-5-6-14(19)15(20)7-11/h2-7,13,16,23H,8-10H2,1H3/t13-,16+/m0/s1. The number of aliphatic hydroxyl groups is 1. The summed E-state index contributed by atoms with van der Waals surface area (Å²) in [6.45, 7) is 0.145. The molecule has 5 nitrogen and oxygen atoms in total. The second kappa shape index (κ2) is 7.14. The average Bonchev–Trinajstić information content (AvgIpc) is 2.99. The number of hydrogen-bond donors (Lipinski definition) is 1. The first-order valence-corrected chi connectivity index (χ1v) is 7.90. The Balaban J connectivity index is 1.80. The fourth-order valence-corrected chi connectivity index (χ4v) is 3.05. The lowest BCUT2D eigenvalue weighted by atomic mass is 10.0. The van der Waals surface area contributed by atoms with Gasteiger partial charge in [-0.25, -0.2) is 13.8 Å². The molecule has 2 aromatic rings. The second-order valence-corrected chi connectivity index (χ2v) is 5.97. The van der Waals surface area contributed by atoms with Crippen LogP contribution in [0, 0.1) is 11.6 Å². The highest BCUT2D eigenvalue weighted by molar-refractivity contribution is 5.79. The number of halogens is 2. The zero-order chi connectivity index (χ0) is 18.0. The Kier molecular flexibility index (Phi) is 4.94. The maximum absolute atomic E-state index is 13.5. The van der Waals surface area contributed by atoms with Gasteiger partial charge >= 0.3 is 0 Å². The Morgan fingerprint density at radius 1 is 1.32 bits per heavy atom. The molecule has 0 aliphatic carbocycles. The number of aliphatic hydroxyl groups excluding tert-OH is 1. The molecule has 25 heavy (non-hydrogen) atoms. The van der Waals surface area contributed by atoms with Crippen LogP contribution in [-0.2, 0) is 11.2 Å². The number of likely N-dealkylation sites (tertiary alicyclic amines) is 1. The van der Waals surface area contributed by atoms with Gasteiger partial charge in [-0.1, -0.05) is 12.1 Å². The molecule has 1 aliphatic rings. The normalized spacial score (nSPS) is 19.9. The van der Waals surface area contributed by atoms with Crippen LogP contribution in [0.1, 0.15) is 23.7 Å². The molecule has 0 spiro atoms. The summed E-state index contributed by atoms with van der Waals surface area (Å²) < 4.78 is 31.7. The SMILES string of the molecule is COc1cccc(CC(=O)N2C[C@@H](O)C[C@@H]2c2ccc(F)c(F)c2)n1. The van der Waals surface area contributed by atoms with Crippen molar-refractivity contribution in [3.05, 3.63) is 59.3 Å². The summed E-state index contributed by atoms with van der Waals surface area (Å²) >= 11 is 0. The summed E-state index contributed by atoms with van der Waals surface area (Å²) in [7, 11) is 1.49. The lowest BCUT2D eigenvalue weighted by molar-refractivity contribution is -0.131. The highest BCUT2D eigenvalue weighted by atomic mass is 19.2. The Labute approximate surface area is 143 Å². The van der Waals surface area contributed by atoms with Crippen molar-refractivity contribution in [3.63, 3.8) is 0 Å². The van der Waals surface area contributed by atoms with E-state index in [4.69, 9.17) is 4.74 Å². The van der Waals surface area contributed by atoms with Crippen molar-refractivity contribution in [1.82, 2.24) is 9.88 Å². The Bertz CT molecular complexity index is 785. The summed E-state index contributed by atoms with van der Waals surface area (Å²) in [6.07, 6.45) is -0.396. The maximum Gasteiger partial charge on any atom is 0.229 e. The predicted molar refractivity (Wildman–Crippen MR) is 85.9 cm³/mol. The largest absolute Gasteiger partial charge is 0.481 e. The van der Waals surface area contributed by atoms with Gasteiger partial charge in [0.2, 0.25) is 11.8 Å². The van der Waals surface area contributed by atoms with E-state index in [1.54, 1.807) is 18.2 Å². The van der Waals surface area contributed by atoms with E-state index in [-0.39, 0.29) is 25.3 Å². The van der Waals surface area contributed by atoms with Crippen molar-refractivity contribution >= 4 is 5.91 Å². The third-order valence-electron chi connectivity index (χ3n) is 4.25. The number of hydrogen-bond acceptors (Lipinski definition) is 4. The van der Waals surface area contributed by atoms with E-state index in [2.05, 4.69) is 4.98 Å². The van der Waals surface area contributed by atoms with Gasteiger partial charge in [0.05, 0.1) is 31.4 Å². The number of carbonyl (C=O) groups is 1. The van der Waals surface area contributed by atoms with Crippen molar-refractivity contribution in [3.8, 4) is 5.88 Å². The number of nitrogens with zero attached hydrogens (tertiary/aromatic N) is 2. The van der Waals surface area contributed by atoms with Gasteiger partial charge in [0, 0.05) is 12.6 Å². The van der Waals surface area contributed by atoms with Gasteiger partial charge in [-0.2, -0.15) is 0 Å². The molecule has 2 atom stereocenters. The molecule has 1 N–H and O–H groups in total. The maximum atomic E-state index is 13.5. The number of methoxy groups -OCH3 is 1. The second-order valence-electron chi connectivity index (χ2n) is 5.97.